The molecule has 0 aromatic rings. The lowest BCUT2D eigenvalue weighted by atomic mass is 10.0. The second-order valence-electron chi connectivity index (χ2n) is 4.06. The van der Waals surface area contributed by atoms with Crippen LogP contribution in [-0.2, 0) is 9.53 Å². The maximum absolute atomic E-state index is 11.5. The molecule has 16 heavy (non-hydrogen) atoms. The number of carbonyl (C=O) groups is 1. The van der Waals surface area contributed by atoms with Crippen LogP contribution in [0.1, 0.15) is 19.8 Å². The van der Waals surface area contributed by atoms with Crippen molar-refractivity contribution in [1.29, 1.82) is 0 Å². The van der Waals surface area contributed by atoms with Crippen molar-refractivity contribution in [3.63, 3.8) is 0 Å². The number of oxime groups is 1. The molecule has 2 unspecified atom stereocenters. The van der Waals surface area contributed by atoms with Crippen LogP contribution in [0.3, 0.4) is 0 Å². The van der Waals surface area contributed by atoms with Crippen molar-refractivity contribution in [3.05, 3.63) is 0 Å². The van der Waals surface area contributed by atoms with Gasteiger partial charge in [-0.05, 0) is 25.7 Å². The van der Waals surface area contributed by atoms with Crippen LogP contribution in [-0.4, -0.2) is 36.7 Å². The van der Waals surface area contributed by atoms with Gasteiger partial charge < -0.3 is 21.0 Å². The number of hydrogen-bond acceptors (Lipinski definition) is 4. The lowest BCUT2D eigenvalue weighted by Gasteiger charge is -2.12. The van der Waals surface area contributed by atoms with Gasteiger partial charge >= 0.3 is 0 Å². The second-order valence-corrected chi connectivity index (χ2v) is 4.06. The summed E-state index contributed by atoms with van der Waals surface area (Å²) in [5, 5.41) is 14.0. The van der Waals surface area contributed by atoms with Crippen LogP contribution in [0, 0.1) is 11.8 Å². The van der Waals surface area contributed by atoms with Crippen LogP contribution in [0.5, 0.6) is 0 Å². The van der Waals surface area contributed by atoms with E-state index in [4.69, 9.17) is 15.7 Å². The van der Waals surface area contributed by atoms with Gasteiger partial charge in [0.1, 0.15) is 0 Å². The van der Waals surface area contributed by atoms with E-state index in [9.17, 15) is 4.79 Å². The monoisotopic (exact) mass is 229 g/mol. The Kier molecular flexibility index (Phi) is 5.04. The molecule has 2 atom stereocenters. The Hall–Kier alpha value is -1.30. The average Bonchev–Trinajstić information content (AvgIpc) is 2.79. The van der Waals surface area contributed by atoms with Crippen LogP contribution in [0.2, 0.25) is 0 Å². The molecule has 4 N–H and O–H groups in total. The zero-order valence-corrected chi connectivity index (χ0v) is 9.48. The average molecular weight is 229 g/mol. The molecule has 1 heterocycles. The summed E-state index contributed by atoms with van der Waals surface area (Å²) < 4.78 is 5.23. The minimum Gasteiger partial charge on any atom is -0.409 e. The number of ether oxygens (including phenoxy) is 1. The normalized spacial score (nSPS) is 23.1. The van der Waals surface area contributed by atoms with Crippen molar-refractivity contribution in [1.82, 2.24) is 5.32 Å². The minimum absolute atomic E-state index is 0.0679. The highest BCUT2D eigenvalue weighted by atomic mass is 16.5. The molecule has 6 heteroatoms. The van der Waals surface area contributed by atoms with Gasteiger partial charge in [-0.3, -0.25) is 4.79 Å². The summed E-state index contributed by atoms with van der Waals surface area (Å²) in [7, 11) is 0. The maximum atomic E-state index is 11.5. The molecule has 0 saturated carbocycles. The van der Waals surface area contributed by atoms with Gasteiger partial charge in [0.25, 0.3) is 0 Å². The molecule has 1 aliphatic heterocycles. The first-order chi connectivity index (χ1) is 7.65. The Labute approximate surface area is 94.8 Å². The zero-order chi connectivity index (χ0) is 12.0. The Balaban J connectivity index is 2.19. The summed E-state index contributed by atoms with van der Waals surface area (Å²) in [5.74, 6) is -0.333. The van der Waals surface area contributed by atoms with Crippen LogP contribution in [0.15, 0.2) is 5.16 Å². The van der Waals surface area contributed by atoms with Gasteiger partial charge in [-0.15, -0.1) is 0 Å². The molecular weight excluding hydrogens is 210 g/mol. The fourth-order valence-corrected chi connectivity index (χ4v) is 1.58. The van der Waals surface area contributed by atoms with Crippen molar-refractivity contribution in [2.24, 2.45) is 22.7 Å². The maximum Gasteiger partial charge on any atom is 0.230 e. The first kappa shape index (κ1) is 12.8. The Morgan fingerprint density at radius 3 is 3.06 bits per heavy atom. The molecule has 1 aliphatic rings. The van der Waals surface area contributed by atoms with E-state index in [1.54, 1.807) is 6.92 Å². The molecule has 0 aromatic heterocycles. The first-order valence-corrected chi connectivity index (χ1v) is 5.48. The molecule has 0 radical (unpaired) electrons. The predicted molar refractivity (Wildman–Crippen MR) is 59.1 cm³/mol. The highest BCUT2D eigenvalue weighted by Crippen LogP contribution is 2.15. The summed E-state index contributed by atoms with van der Waals surface area (Å²) in [4.78, 5) is 11.5. The zero-order valence-electron chi connectivity index (χ0n) is 9.48. The topological polar surface area (TPSA) is 96.9 Å². The van der Waals surface area contributed by atoms with E-state index in [-0.39, 0.29) is 11.7 Å². The van der Waals surface area contributed by atoms with E-state index in [0.29, 0.717) is 12.5 Å². The standard InChI is InChI=1S/C10H19N3O3/c1-7(9(11)13-15)10(14)12-4-2-8-3-5-16-6-8/h7-8,15H,2-6H2,1H3,(H2,11,13)(H,12,14). The summed E-state index contributed by atoms with van der Waals surface area (Å²) in [6.07, 6.45) is 1.97. The molecule has 1 amide bonds. The van der Waals surface area contributed by atoms with Crippen LogP contribution in [0.25, 0.3) is 0 Å². The van der Waals surface area contributed by atoms with Crippen LogP contribution in [0.4, 0.5) is 0 Å². The number of rotatable bonds is 5. The third-order valence-corrected chi connectivity index (χ3v) is 2.83. The van der Waals surface area contributed by atoms with E-state index in [0.717, 1.165) is 26.1 Å². The fourth-order valence-electron chi connectivity index (χ4n) is 1.58. The molecule has 1 fully saturated rings. The summed E-state index contributed by atoms with van der Waals surface area (Å²) >= 11 is 0. The number of carbonyl (C=O) groups excluding carboxylic acids is 1. The van der Waals surface area contributed by atoms with Crippen molar-refractivity contribution >= 4 is 11.7 Å². The SMILES string of the molecule is CC(C(=O)NCCC1CCOC1)C(N)=NO. The molecule has 6 nitrogen and oxygen atoms in total. The quantitative estimate of drug-likeness (QED) is 0.266. The number of amidine groups is 1. The Morgan fingerprint density at radius 2 is 2.50 bits per heavy atom. The molecule has 0 spiro atoms. The highest BCUT2D eigenvalue weighted by molar-refractivity contribution is 6.01. The van der Waals surface area contributed by atoms with E-state index in [1.807, 2.05) is 0 Å². The molecule has 0 aliphatic carbocycles. The van der Waals surface area contributed by atoms with Crippen LogP contribution < -0.4 is 11.1 Å². The number of amides is 1. The third kappa shape index (κ3) is 3.69. The van der Waals surface area contributed by atoms with Crippen molar-refractivity contribution in [3.8, 4) is 0 Å². The molecule has 1 rings (SSSR count). The van der Waals surface area contributed by atoms with E-state index in [2.05, 4.69) is 10.5 Å². The molecule has 0 bridgehead atoms. The number of hydrogen-bond donors (Lipinski definition) is 3. The first-order valence-electron chi connectivity index (χ1n) is 5.48. The number of nitrogens with zero attached hydrogens (tertiary/aromatic N) is 1. The van der Waals surface area contributed by atoms with E-state index in [1.165, 1.54) is 0 Å². The molecule has 92 valence electrons. The van der Waals surface area contributed by atoms with Gasteiger partial charge in [0, 0.05) is 19.8 Å². The smallest absolute Gasteiger partial charge is 0.230 e. The molecule has 0 aromatic carbocycles. The molecule has 1 saturated heterocycles. The molecular formula is C10H19N3O3. The number of nitrogens with one attached hydrogen (secondary N) is 1. The van der Waals surface area contributed by atoms with Crippen molar-refractivity contribution < 1.29 is 14.7 Å². The second kappa shape index (κ2) is 6.32. The highest BCUT2D eigenvalue weighted by Gasteiger charge is 2.19. The van der Waals surface area contributed by atoms with Gasteiger partial charge in [0.05, 0.1) is 5.92 Å². The predicted octanol–water partition coefficient (Wildman–Crippen LogP) is -0.0883. The fraction of sp³-hybridized carbons (Fsp3) is 0.800. The Bertz CT molecular complexity index is 262. The van der Waals surface area contributed by atoms with Gasteiger partial charge in [-0.1, -0.05) is 5.16 Å². The van der Waals surface area contributed by atoms with Crippen LogP contribution >= 0.6 is 0 Å². The Morgan fingerprint density at radius 1 is 1.75 bits per heavy atom. The largest absolute Gasteiger partial charge is 0.409 e. The van der Waals surface area contributed by atoms with Crippen molar-refractivity contribution in [2.75, 3.05) is 19.8 Å². The van der Waals surface area contributed by atoms with E-state index < -0.39 is 5.92 Å². The lowest BCUT2D eigenvalue weighted by molar-refractivity contribution is -0.122. The summed E-state index contributed by atoms with van der Waals surface area (Å²) in [6.45, 7) is 3.81. The number of nitrogens with two attached hydrogens (primary N) is 1. The van der Waals surface area contributed by atoms with Gasteiger partial charge in [0.2, 0.25) is 5.91 Å². The van der Waals surface area contributed by atoms with Gasteiger partial charge in [0.15, 0.2) is 5.84 Å². The summed E-state index contributed by atoms with van der Waals surface area (Å²) in [5.41, 5.74) is 5.33. The minimum atomic E-state index is -0.593. The van der Waals surface area contributed by atoms with E-state index >= 15 is 0 Å². The third-order valence-electron chi connectivity index (χ3n) is 2.83. The summed E-state index contributed by atoms with van der Waals surface area (Å²) in [6, 6.07) is 0. The van der Waals surface area contributed by atoms with Crippen molar-refractivity contribution in [2.45, 2.75) is 19.8 Å². The lowest BCUT2D eigenvalue weighted by Crippen LogP contribution is -2.38. The van der Waals surface area contributed by atoms with Gasteiger partial charge in [-0.25, -0.2) is 0 Å². The van der Waals surface area contributed by atoms with Gasteiger partial charge in [-0.2, -0.15) is 0 Å².